The van der Waals surface area contributed by atoms with Gasteiger partial charge in [0.25, 0.3) is 5.89 Å². The van der Waals surface area contributed by atoms with E-state index in [2.05, 4.69) is 10.2 Å². The summed E-state index contributed by atoms with van der Waals surface area (Å²) in [6.45, 7) is 4.80. The summed E-state index contributed by atoms with van der Waals surface area (Å²) < 4.78 is 16.8. The van der Waals surface area contributed by atoms with Gasteiger partial charge in [-0.25, -0.2) is 0 Å². The quantitative estimate of drug-likeness (QED) is 0.688. The first-order valence-electron chi connectivity index (χ1n) is 7.49. The van der Waals surface area contributed by atoms with E-state index in [0.29, 0.717) is 24.1 Å². The highest BCUT2D eigenvalue weighted by atomic mass is 16.5. The summed E-state index contributed by atoms with van der Waals surface area (Å²) in [5.41, 5.74) is 2.05. The van der Waals surface area contributed by atoms with Crippen molar-refractivity contribution in [2.75, 3.05) is 6.61 Å². The molecule has 0 spiro atoms. The highest BCUT2D eigenvalue weighted by molar-refractivity contribution is 5.53. The van der Waals surface area contributed by atoms with Crippen LogP contribution in [0.25, 0.3) is 11.5 Å². The zero-order chi connectivity index (χ0) is 16.1. The molecular weight excluding hydrogens is 292 g/mol. The van der Waals surface area contributed by atoms with E-state index in [0.717, 1.165) is 16.9 Å². The maximum Gasteiger partial charge on any atom is 0.254 e. The summed E-state index contributed by atoms with van der Waals surface area (Å²) in [6.07, 6.45) is 0. The zero-order valence-corrected chi connectivity index (χ0v) is 13.2. The number of benzene rings is 2. The predicted octanol–water partition coefficient (Wildman–Crippen LogP) is 4.02. The topological polar surface area (TPSA) is 57.4 Å². The molecular formula is C18H18N2O3. The van der Waals surface area contributed by atoms with Gasteiger partial charge in [0.1, 0.15) is 11.5 Å². The highest BCUT2D eigenvalue weighted by Gasteiger charge is 2.09. The Labute approximate surface area is 134 Å². The SMILES string of the molecule is CCOc1cccc(OCc2nnc(-c3cccc(C)c3)o2)c1. The fourth-order valence-electron chi connectivity index (χ4n) is 2.17. The third-order valence-electron chi connectivity index (χ3n) is 3.21. The van der Waals surface area contributed by atoms with Crippen LogP contribution < -0.4 is 9.47 Å². The predicted molar refractivity (Wildman–Crippen MR) is 86.4 cm³/mol. The van der Waals surface area contributed by atoms with Gasteiger partial charge in [0, 0.05) is 11.6 Å². The molecule has 0 aliphatic carbocycles. The van der Waals surface area contributed by atoms with Crippen LogP contribution in [0.4, 0.5) is 0 Å². The van der Waals surface area contributed by atoms with Crippen molar-refractivity contribution in [1.29, 1.82) is 0 Å². The molecule has 0 amide bonds. The van der Waals surface area contributed by atoms with Crippen LogP contribution in [0.5, 0.6) is 11.5 Å². The third kappa shape index (κ3) is 3.88. The van der Waals surface area contributed by atoms with Gasteiger partial charge in [-0.1, -0.05) is 23.8 Å². The maximum atomic E-state index is 5.68. The summed E-state index contributed by atoms with van der Waals surface area (Å²) in [5, 5.41) is 8.09. The van der Waals surface area contributed by atoms with Gasteiger partial charge in [0.05, 0.1) is 6.61 Å². The van der Waals surface area contributed by atoms with Gasteiger partial charge in [-0.15, -0.1) is 10.2 Å². The molecule has 0 bridgehead atoms. The highest BCUT2D eigenvalue weighted by Crippen LogP contribution is 2.22. The van der Waals surface area contributed by atoms with Gasteiger partial charge >= 0.3 is 0 Å². The van der Waals surface area contributed by atoms with Crippen LogP contribution >= 0.6 is 0 Å². The monoisotopic (exact) mass is 310 g/mol. The summed E-state index contributed by atoms with van der Waals surface area (Å²) in [4.78, 5) is 0. The van der Waals surface area contributed by atoms with E-state index in [4.69, 9.17) is 13.9 Å². The number of aryl methyl sites for hydroxylation is 1. The summed E-state index contributed by atoms with van der Waals surface area (Å²) >= 11 is 0. The second-order valence-corrected chi connectivity index (χ2v) is 5.07. The Morgan fingerprint density at radius 2 is 1.74 bits per heavy atom. The number of aromatic nitrogens is 2. The first-order valence-corrected chi connectivity index (χ1v) is 7.49. The average Bonchev–Trinajstić information content (AvgIpc) is 3.03. The molecule has 1 aromatic heterocycles. The van der Waals surface area contributed by atoms with Gasteiger partial charge in [0.15, 0.2) is 6.61 Å². The minimum absolute atomic E-state index is 0.217. The van der Waals surface area contributed by atoms with Crippen LogP contribution in [0.1, 0.15) is 18.4 Å². The lowest BCUT2D eigenvalue weighted by Crippen LogP contribution is -1.97. The average molecular weight is 310 g/mol. The molecule has 0 aliphatic heterocycles. The first-order chi connectivity index (χ1) is 11.2. The molecule has 23 heavy (non-hydrogen) atoms. The first kappa shape index (κ1) is 15.1. The molecule has 0 fully saturated rings. The number of nitrogens with zero attached hydrogens (tertiary/aromatic N) is 2. The van der Waals surface area contributed by atoms with Crippen molar-refractivity contribution in [3.8, 4) is 23.0 Å². The van der Waals surface area contributed by atoms with Crippen molar-refractivity contribution in [3.63, 3.8) is 0 Å². The van der Waals surface area contributed by atoms with E-state index in [9.17, 15) is 0 Å². The molecule has 3 rings (SSSR count). The van der Waals surface area contributed by atoms with Crippen molar-refractivity contribution in [2.24, 2.45) is 0 Å². The smallest absolute Gasteiger partial charge is 0.254 e. The molecule has 0 radical (unpaired) electrons. The second-order valence-electron chi connectivity index (χ2n) is 5.07. The minimum Gasteiger partial charge on any atom is -0.494 e. The molecule has 0 saturated carbocycles. The molecule has 2 aromatic carbocycles. The Bertz CT molecular complexity index is 783. The summed E-state index contributed by atoms with van der Waals surface area (Å²) in [6, 6.07) is 15.4. The third-order valence-corrected chi connectivity index (χ3v) is 3.21. The Hall–Kier alpha value is -2.82. The van der Waals surface area contributed by atoms with Gasteiger partial charge < -0.3 is 13.9 Å². The van der Waals surface area contributed by atoms with Gasteiger partial charge in [-0.05, 0) is 38.1 Å². The van der Waals surface area contributed by atoms with E-state index < -0.39 is 0 Å². The van der Waals surface area contributed by atoms with E-state index >= 15 is 0 Å². The fraction of sp³-hybridized carbons (Fsp3) is 0.222. The summed E-state index contributed by atoms with van der Waals surface area (Å²) in [7, 11) is 0. The molecule has 0 aliphatic rings. The maximum absolute atomic E-state index is 5.68. The fourth-order valence-corrected chi connectivity index (χ4v) is 2.17. The number of rotatable bonds is 6. The van der Waals surface area contributed by atoms with Crippen molar-refractivity contribution >= 4 is 0 Å². The van der Waals surface area contributed by atoms with Crippen LogP contribution in [-0.4, -0.2) is 16.8 Å². The Kier molecular flexibility index (Phi) is 4.57. The largest absolute Gasteiger partial charge is 0.494 e. The van der Waals surface area contributed by atoms with Crippen LogP contribution in [0, 0.1) is 6.92 Å². The second kappa shape index (κ2) is 6.96. The van der Waals surface area contributed by atoms with Gasteiger partial charge in [-0.2, -0.15) is 0 Å². The molecule has 0 N–H and O–H groups in total. The molecule has 0 unspecified atom stereocenters. The molecule has 0 saturated heterocycles. The van der Waals surface area contributed by atoms with E-state index in [1.54, 1.807) is 0 Å². The van der Waals surface area contributed by atoms with Crippen molar-refractivity contribution in [1.82, 2.24) is 10.2 Å². The minimum atomic E-state index is 0.217. The van der Waals surface area contributed by atoms with Crippen molar-refractivity contribution in [3.05, 3.63) is 60.0 Å². The Balaban J connectivity index is 1.66. The molecule has 1 heterocycles. The Morgan fingerprint density at radius 3 is 2.52 bits per heavy atom. The van der Waals surface area contributed by atoms with Crippen molar-refractivity contribution in [2.45, 2.75) is 20.5 Å². The molecule has 0 atom stereocenters. The zero-order valence-electron chi connectivity index (χ0n) is 13.2. The molecule has 3 aromatic rings. The van der Waals surface area contributed by atoms with Crippen LogP contribution in [0.15, 0.2) is 52.9 Å². The molecule has 5 heteroatoms. The van der Waals surface area contributed by atoms with Gasteiger partial charge in [-0.3, -0.25) is 0 Å². The van der Waals surface area contributed by atoms with E-state index in [1.807, 2.05) is 62.4 Å². The summed E-state index contributed by atoms with van der Waals surface area (Å²) in [5.74, 6) is 2.40. The van der Waals surface area contributed by atoms with Crippen LogP contribution in [0.2, 0.25) is 0 Å². The van der Waals surface area contributed by atoms with E-state index in [1.165, 1.54) is 0 Å². The Morgan fingerprint density at radius 1 is 0.957 bits per heavy atom. The van der Waals surface area contributed by atoms with Gasteiger partial charge in [0.2, 0.25) is 5.89 Å². The van der Waals surface area contributed by atoms with Crippen LogP contribution in [0.3, 0.4) is 0 Å². The number of hydrogen-bond acceptors (Lipinski definition) is 5. The standard InChI is InChI=1S/C18H18N2O3/c1-3-21-15-8-5-9-16(11-15)22-12-17-19-20-18(23-17)14-7-4-6-13(2)10-14/h4-11H,3,12H2,1-2H3. The van der Waals surface area contributed by atoms with Crippen molar-refractivity contribution < 1.29 is 13.9 Å². The lowest BCUT2D eigenvalue weighted by atomic mass is 10.1. The molecule has 118 valence electrons. The number of ether oxygens (including phenoxy) is 2. The van der Waals surface area contributed by atoms with E-state index in [-0.39, 0.29) is 6.61 Å². The lowest BCUT2D eigenvalue weighted by molar-refractivity contribution is 0.262. The number of hydrogen-bond donors (Lipinski definition) is 0. The normalized spacial score (nSPS) is 10.5. The molecule has 5 nitrogen and oxygen atoms in total. The lowest BCUT2D eigenvalue weighted by Gasteiger charge is -2.06. The van der Waals surface area contributed by atoms with Crippen LogP contribution in [-0.2, 0) is 6.61 Å².